The number of para-hydroxylation sites is 1. The third kappa shape index (κ3) is 1.70. The summed E-state index contributed by atoms with van der Waals surface area (Å²) in [5.41, 5.74) is 9.58. The van der Waals surface area contributed by atoms with Gasteiger partial charge in [-0.15, -0.1) is 0 Å². The predicted molar refractivity (Wildman–Crippen MR) is 64.9 cm³/mol. The van der Waals surface area contributed by atoms with Crippen molar-refractivity contribution in [2.45, 2.75) is 12.5 Å². The minimum absolute atomic E-state index is 0.170. The van der Waals surface area contributed by atoms with Crippen molar-refractivity contribution in [3.8, 4) is 5.75 Å². The molecule has 0 amide bonds. The predicted octanol–water partition coefficient (Wildman–Crippen LogP) is 1.40. The Morgan fingerprint density at radius 2 is 2.35 bits per heavy atom. The zero-order valence-electron chi connectivity index (χ0n) is 9.76. The number of aromatic nitrogens is 2. The third-order valence-electron chi connectivity index (χ3n) is 3.16. The molecule has 88 valence electrons. The zero-order valence-corrected chi connectivity index (χ0v) is 9.76. The molecule has 4 nitrogen and oxygen atoms in total. The Bertz CT molecular complexity index is 547. The van der Waals surface area contributed by atoms with Gasteiger partial charge >= 0.3 is 0 Å². The second-order valence-electron chi connectivity index (χ2n) is 4.36. The van der Waals surface area contributed by atoms with Crippen LogP contribution in [0, 0.1) is 0 Å². The summed E-state index contributed by atoms with van der Waals surface area (Å²) in [6, 6.07) is 6.00. The highest BCUT2D eigenvalue weighted by Gasteiger charge is 2.21. The second-order valence-corrected chi connectivity index (χ2v) is 4.36. The molecule has 0 bridgehead atoms. The number of nitrogens with two attached hydrogens (primary N) is 1. The first-order chi connectivity index (χ1) is 8.25. The normalized spacial score (nSPS) is 15.4. The van der Waals surface area contributed by atoms with Crippen molar-refractivity contribution < 1.29 is 4.74 Å². The van der Waals surface area contributed by atoms with Crippen LogP contribution in [0.25, 0.3) is 0 Å². The van der Waals surface area contributed by atoms with E-state index in [-0.39, 0.29) is 6.04 Å². The molecule has 2 aromatic rings. The quantitative estimate of drug-likeness (QED) is 0.847. The Hall–Kier alpha value is -1.81. The monoisotopic (exact) mass is 229 g/mol. The van der Waals surface area contributed by atoms with E-state index in [0.717, 1.165) is 29.9 Å². The lowest BCUT2D eigenvalue weighted by Gasteiger charge is -2.13. The first-order valence-corrected chi connectivity index (χ1v) is 5.74. The molecule has 0 saturated heterocycles. The van der Waals surface area contributed by atoms with Crippen LogP contribution in [-0.4, -0.2) is 16.4 Å². The van der Waals surface area contributed by atoms with Gasteiger partial charge in [-0.3, -0.25) is 4.68 Å². The maximum Gasteiger partial charge on any atom is 0.127 e. The van der Waals surface area contributed by atoms with Crippen molar-refractivity contribution in [3.63, 3.8) is 0 Å². The van der Waals surface area contributed by atoms with E-state index in [1.54, 1.807) is 10.9 Å². The van der Waals surface area contributed by atoms with E-state index in [0.29, 0.717) is 0 Å². The van der Waals surface area contributed by atoms with Crippen LogP contribution < -0.4 is 10.5 Å². The van der Waals surface area contributed by atoms with Crippen LogP contribution in [0.4, 0.5) is 0 Å². The molecule has 17 heavy (non-hydrogen) atoms. The third-order valence-corrected chi connectivity index (χ3v) is 3.16. The van der Waals surface area contributed by atoms with Crippen molar-refractivity contribution in [2.75, 3.05) is 6.61 Å². The standard InChI is InChI=1S/C13H15N3O/c1-16-8-10(7-15-16)12(14)11-4-2-3-9-5-6-17-13(9)11/h2-4,7-8,12H,5-6,14H2,1H3. The Balaban J connectivity index is 2.02. The molecule has 1 unspecified atom stereocenters. The van der Waals surface area contributed by atoms with Crippen molar-refractivity contribution in [3.05, 3.63) is 47.3 Å². The fourth-order valence-electron chi connectivity index (χ4n) is 2.27. The van der Waals surface area contributed by atoms with E-state index in [2.05, 4.69) is 11.2 Å². The van der Waals surface area contributed by atoms with Crippen molar-refractivity contribution in [1.82, 2.24) is 9.78 Å². The molecule has 3 rings (SSSR count). The number of hydrogen-bond donors (Lipinski definition) is 1. The van der Waals surface area contributed by atoms with Gasteiger partial charge in [0.15, 0.2) is 0 Å². The van der Waals surface area contributed by atoms with E-state index in [1.165, 1.54) is 5.56 Å². The lowest BCUT2D eigenvalue weighted by Crippen LogP contribution is -2.12. The number of ether oxygens (including phenoxy) is 1. The van der Waals surface area contributed by atoms with Gasteiger partial charge in [0.05, 0.1) is 18.8 Å². The lowest BCUT2D eigenvalue weighted by atomic mass is 9.99. The number of rotatable bonds is 2. The largest absolute Gasteiger partial charge is 0.493 e. The Morgan fingerprint density at radius 1 is 1.47 bits per heavy atom. The van der Waals surface area contributed by atoms with Crippen LogP contribution in [-0.2, 0) is 13.5 Å². The van der Waals surface area contributed by atoms with Gasteiger partial charge in [-0.05, 0) is 5.56 Å². The number of hydrogen-bond acceptors (Lipinski definition) is 3. The molecule has 1 aliphatic heterocycles. The summed E-state index contributed by atoms with van der Waals surface area (Å²) >= 11 is 0. The molecule has 0 saturated carbocycles. The molecule has 1 atom stereocenters. The Morgan fingerprint density at radius 3 is 3.12 bits per heavy atom. The van der Waals surface area contributed by atoms with E-state index in [1.807, 2.05) is 25.4 Å². The van der Waals surface area contributed by atoms with Gasteiger partial charge in [0.25, 0.3) is 0 Å². The molecular weight excluding hydrogens is 214 g/mol. The minimum atomic E-state index is -0.170. The van der Waals surface area contributed by atoms with E-state index in [9.17, 15) is 0 Å². The summed E-state index contributed by atoms with van der Waals surface area (Å²) in [6.07, 6.45) is 4.72. The summed E-state index contributed by atoms with van der Waals surface area (Å²) in [6.45, 7) is 0.756. The van der Waals surface area contributed by atoms with Crippen LogP contribution in [0.5, 0.6) is 5.75 Å². The molecule has 1 aromatic heterocycles. The lowest BCUT2D eigenvalue weighted by molar-refractivity contribution is 0.352. The van der Waals surface area contributed by atoms with Crippen LogP contribution in [0.1, 0.15) is 22.7 Å². The number of nitrogens with zero attached hydrogens (tertiary/aromatic N) is 2. The molecule has 0 radical (unpaired) electrons. The molecular formula is C13H15N3O. The number of benzene rings is 1. The fourth-order valence-corrected chi connectivity index (χ4v) is 2.27. The van der Waals surface area contributed by atoms with Crippen LogP contribution in [0.15, 0.2) is 30.6 Å². The van der Waals surface area contributed by atoms with Gasteiger partial charge in [-0.25, -0.2) is 0 Å². The van der Waals surface area contributed by atoms with Crippen molar-refractivity contribution in [2.24, 2.45) is 12.8 Å². The average molecular weight is 229 g/mol. The molecule has 4 heteroatoms. The van der Waals surface area contributed by atoms with Crippen LogP contribution >= 0.6 is 0 Å². The molecule has 2 heterocycles. The molecule has 0 aliphatic carbocycles. The summed E-state index contributed by atoms with van der Waals surface area (Å²) in [5.74, 6) is 0.962. The summed E-state index contributed by atoms with van der Waals surface area (Å²) in [4.78, 5) is 0. The van der Waals surface area contributed by atoms with E-state index >= 15 is 0 Å². The Kier molecular flexibility index (Phi) is 2.37. The molecule has 1 aliphatic rings. The highest BCUT2D eigenvalue weighted by atomic mass is 16.5. The smallest absolute Gasteiger partial charge is 0.127 e. The number of aryl methyl sites for hydroxylation is 1. The molecule has 1 aromatic carbocycles. The van der Waals surface area contributed by atoms with Gasteiger partial charge in [0.1, 0.15) is 5.75 Å². The van der Waals surface area contributed by atoms with Crippen molar-refractivity contribution >= 4 is 0 Å². The highest BCUT2D eigenvalue weighted by molar-refractivity contribution is 5.48. The minimum Gasteiger partial charge on any atom is -0.493 e. The van der Waals surface area contributed by atoms with Gasteiger partial charge in [-0.1, -0.05) is 18.2 Å². The molecule has 0 fully saturated rings. The summed E-state index contributed by atoms with van der Waals surface area (Å²) < 4.78 is 7.43. The highest BCUT2D eigenvalue weighted by Crippen LogP contribution is 2.34. The maximum absolute atomic E-state index is 6.27. The Labute approximate surface area is 100 Å². The summed E-state index contributed by atoms with van der Waals surface area (Å²) in [7, 11) is 1.89. The summed E-state index contributed by atoms with van der Waals surface area (Å²) in [5, 5.41) is 4.15. The maximum atomic E-state index is 6.27. The fraction of sp³-hybridized carbons (Fsp3) is 0.308. The van der Waals surface area contributed by atoms with Gasteiger partial charge < -0.3 is 10.5 Å². The zero-order chi connectivity index (χ0) is 11.8. The van der Waals surface area contributed by atoms with Crippen LogP contribution in [0.3, 0.4) is 0 Å². The number of fused-ring (bicyclic) bond motifs is 1. The average Bonchev–Trinajstić information content (AvgIpc) is 2.95. The first kappa shape index (κ1) is 10.4. The molecule has 0 spiro atoms. The van der Waals surface area contributed by atoms with Gasteiger partial charge in [0.2, 0.25) is 0 Å². The topological polar surface area (TPSA) is 53.1 Å². The first-order valence-electron chi connectivity index (χ1n) is 5.74. The second kappa shape index (κ2) is 3.89. The van der Waals surface area contributed by atoms with Crippen LogP contribution in [0.2, 0.25) is 0 Å². The van der Waals surface area contributed by atoms with Gasteiger partial charge in [0, 0.05) is 30.8 Å². The van der Waals surface area contributed by atoms with Gasteiger partial charge in [-0.2, -0.15) is 5.10 Å². The molecule has 2 N–H and O–H groups in total. The SMILES string of the molecule is Cn1cc(C(N)c2cccc3c2OCC3)cn1. The van der Waals surface area contributed by atoms with Crippen molar-refractivity contribution in [1.29, 1.82) is 0 Å². The van der Waals surface area contributed by atoms with E-state index < -0.39 is 0 Å². The van der Waals surface area contributed by atoms with E-state index in [4.69, 9.17) is 10.5 Å².